The van der Waals surface area contributed by atoms with Crippen LogP contribution in [0.25, 0.3) is 0 Å². The van der Waals surface area contributed by atoms with Gasteiger partial charge in [-0.25, -0.2) is 4.98 Å². The van der Waals surface area contributed by atoms with Crippen LogP contribution in [0.3, 0.4) is 0 Å². The molecular formula is C24H28ClF3N8O3. The molecule has 0 unspecified atom stereocenters. The number of aryl methyl sites for hydroxylation is 1. The number of hydrogen-bond donors (Lipinski definition) is 3. The lowest BCUT2D eigenvalue weighted by Gasteiger charge is -2.29. The van der Waals surface area contributed by atoms with E-state index in [1.54, 1.807) is 16.9 Å². The largest absolute Gasteiger partial charge is 0.573 e. The Hall–Kier alpha value is -3.65. The summed E-state index contributed by atoms with van der Waals surface area (Å²) in [4.78, 5) is 19.1. The standard InChI is InChI=1S/C24H28ClF3N8O3/c1-35-14-18(25)19(34-35)12-29-17-8-6-15(7-9-17)10-30-22-20(36(37)38)13-32-23(33-22)31-11-16-4-2-3-5-21(16)39-24(26,27)28/h2-5,13-15,17,29H,6-12H2,1H3,(H2,30,31,32,33). The number of alkyl halides is 3. The predicted octanol–water partition coefficient (Wildman–Crippen LogP) is 5.04. The molecule has 0 aliphatic heterocycles. The molecule has 0 amide bonds. The molecule has 3 N–H and O–H groups in total. The molecule has 15 heteroatoms. The lowest BCUT2D eigenvalue weighted by Crippen LogP contribution is -2.34. The van der Waals surface area contributed by atoms with Crippen LogP contribution in [0.5, 0.6) is 5.75 Å². The second-order valence-electron chi connectivity index (χ2n) is 9.27. The van der Waals surface area contributed by atoms with E-state index in [0.717, 1.165) is 37.6 Å². The topological polar surface area (TPSA) is 132 Å². The summed E-state index contributed by atoms with van der Waals surface area (Å²) in [6.07, 6.45) is 1.71. The number of nitro groups is 1. The minimum atomic E-state index is -4.83. The average molecular weight is 569 g/mol. The molecular weight excluding hydrogens is 541 g/mol. The fourth-order valence-electron chi connectivity index (χ4n) is 4.45. The molecule has 0 bridgehead atoms. The molecule has 1 fully saturated rings. The van der Waals surface area contributed by atoms with Crippen molar-refractivity contribution in [2.75, 3.05) is 17.2 Å². The molecule has 2 heterocycles. The first kappa shape index (κ1) is 28.4. The summed E-state index contributed by atoms with van der Waals surface area (Å²) < 4.78 is 43.8. The molecule has 3 aromatic rings. The number of para-hydroxylation sites is 1. The number of hydrogen-bond acceptors (Lipinski definition) is 9. The van der Waals surface area contributed by atoms with Gasteiger partial charge in [0.1, 0.15) is 11.9 Å². The summed E-state index contributed by atoms with van der Waals surface area (Å²) in [7, 11) is 1.82. The highest BCUT2D eigenvalue weighted by Gasteiger charge is 2.32. The van der Waals surface area contributed by atoms with Gasteiger partial charge >= 0.3 is 12.0 Å². The SMILES string of the molecule is Cn1cc(Cl)c(CNC2CCC(CNc3nc(NCc4ccccc4OC(F)(F)F)ncc3[N+](=O)[O-])CC2)n1. The zero-order valence-corrected chi connectivity index (χ0v) is 21.8. The molecule has 0 spiro atoms. The van der Waals surface area contributed by atoms with Crippen molar-refractivity contribution >= 4 is 29.1 Å². The molecule has 1 aliphatic rings. The van der Waals surface area contributed by atoms with Crippen LogP contribution in [0.1, 0.15) is 36.9 Å². The van der Waals surface area contributed by atoms with Crippen molar-refractivity contribution in [3.63, 3.8) is 0 Å². The monoisotopic (exact) mass is 568 g/mol. The highest BCUT2D eigenvalue weighted by atomic mass is 35.5. The Balaban J connectivity index is 1.31. The number of anilines is 2. The van der Waals surface area contributed by atoms with Gasteiger partial charge in [-0.05, 0) is 37.7 Å². The summed E-state index contributed by atoms with van der Waals surface area (Å²) >= 11 is 6.17. The van der Waals surface area contributed by atoms with Crippen molar-refractivity contribution in [1.29, 1.82) is 0 Å². The number of nitrogens with zero attached hydrogens (tertiary/aromatic N) is 5. The summed E-state index contributed by atoms with van der Waals surface area (Å²) in [5.41, 5.74) is 0.741. The minimum absolute atomic E-state index is 0.0333. The highest BCUT2D eigenvalue weighted by molar-refractivity contribution is 6.31. The van der Waals surface area contributed by atoms with E-state index in [9.17, 15) is 23.3 Å². The summed E-state index contributed by atoms with van der Waals surface area (Å²) in [5.74, 6) is 0.0122. The second-order valence-corrected chi connectivity index (χ2v) is 9.68. The molecule has 210 valence electrons. The van der Waals surface area contributed by atoms with Crippen LogP contribution < -0.4 is 20.7 Å². The summed E-state index contributed by atoms with van der Waals surface area (Å²) in [5, 5.41) is 25.9. The molecule has 1 aliphatic carbocycles. The third-order valence-corrected chi connectivity index (χ3v) is 6.73. The first-order chi connectivity index (χ1) is 18.6. The van der Waals surface area contributed by atoms with Crippen LogP contribution in [-0.4, -0.2) is 43.6 Å². The molecule has 0 saturated heterocycles. The van der Waals surface area contributed by atoms with Gasteiger partial charge in [0, 0.05) is 44.5 Å². The van der Waals surface area contributed by atoms with Crippen LogP contribution in [-0.2, 0) is 20.1 Å². The molecule has 0 atom stereocenters. The van der Waals surface area contributed by atoms with Crippen molar-refractivity contribution in [2.24, 2.45) is 13.0 Å². The van der Waals surface area contributed by atoms with E-state index >= 15 is 0 Å². The molecule has 39 heavy (non-hydrogen) atoms. The quantitative estimate of drug-likeness (QED) is 0.215. The minimum Gasteiger partial charge on any atom is -0.405 e. The van der Waals surface area contributed by atoms with Gasteiger partial charge < -0.3 is 20.7 Å². The van der Waals surface area contributed by atoms with Gasteiger partial charge in [0.25, 0.3) is 0 Å². The van der Waals surface area contributed by atoms with E-state index in [-0.39, 0.29) is 35.3 Å². The normalized spacial score (nSPS) is 17.6. The molecule has 4 rings (SSSR count). The zero-order chi connectivity index (χ0) is 28.0. The Morgan fingerprint density at radius 3 is 2.59 bits per heavy atom. The highest BCUT2D eigenvalue weighted by Crippen LogP contribution is 2.29. The molecule has 0 radical (unpaired) electrons. The van der Waals surface area contributed by atoms with E-state index in [4.69, 9.17) is 11.6 Å². The maximum absolute atomic E-state index is 12.7. The van der Waals surface area contributed by atoms with Gasteiger partial charge in [-0.3, -0.25) is 14.8 Å². The Labute approximate surface area is 227 Å². The van der Waals surface area contributed by atoms with E-state index in [1.807, 2.05) is 7.05 Å². The number of benzene rings is 1. The predicted molar refractivity (Wildman–Crippen MR) is 138 cm³/mol. The fraction of sp³-hybridized carbons (Fsp3) is 0.458. The Kier molecular flexibility index (Phi) is 9.07. The van der Waals surface area contributed by atoms with Crippen molar-refractivity contribution in [1.82, 2.24) is 25.1 Å². The molecule has 1 saturated carbocycles. The first-order valence-corrected chi connectivity index (χ1v) is 12.7. The number of nitrogens with one attached hydrogen (secondary N) is 3. The van der Waals surface area contributed by atoms with Crippen LogP contribution in [0.4, 0.5) is 30.6 Å². The van der Waals surface area contributed by atoms with Gasteiger partial charge in [-0.15, -0.1) is 13.2 Å². The van der Waals surface area contributed by atoms with Crippen LogP contribution in [0, 0.1) is 16.0 Å². The maximum atomic E-state index is 12.7. The van der Waals surface area contributed by atoms with Gasteiger partial charge in [0.2, 0.25) is 11.8 Å². The van der Waals surface area contributed by atoms with Crippen LogP contribution in [0.15, 0.2) is 36.7 Å². The number of aromatic nitrogens is 4. The maximum Gasteiger partial charge on any atom is 0.573 e. The third-order valence-electron chi connectivity index (χ3n) is 6.42. The summed E-state index contributed by atoms with van der Waals surface area (Å²) in [6.45, 7) is 0.992. The lowest BCUT2D eigenvalue weighted by molar-refractivity contribution is -0.384. The van der Waals surface area contributed by atoms with E-state index in [0.29, 0.717) is 30.1 Å². The summed E-state index contributed by atoms with van der Waals surface area (Å²) in [6, 6.07) is 5.99. The van der Waals surface area contributed by atoms with Crippen molar-refractivity contribution < 1.29 is 22.8 Å². The third kappa shape index (κ3) is 8.17. The molecule has 1 aromatic carbocycles. The van der Waals surface area contributed by atoms with Gasteiger partial charge in [0.05, 0.1) is 15.6 Å². The van der Waals surface area contributed by atoms with Gasteiger partial charge in [-0.2, -0.15) is 10.1 Å². The number of ether oxygens (including phenoxy) is 1. The Morgan fingerprint density at radius 1 is 1.18 bits per heavy atom. The van der Waals surface area contributed by atoms with Gasteiger partial charge in [0.15, 0.2) is 0 Å². The van der Waals surface area contributed by atoms with Gasteiger partial charge in [-0.1, -0.05) is 29.8 Å². The van der Waals surface area contributed by atoms with Crippen LogP contribution >= 0.6 is 11.6 Å². The van der Waals surface area contributed by atoms with E-state index in [1.165, 1.54) is 18.2 Å². The zero-order valence-electron chi connectivity index (χ0n) is 21.0. The second kappa shape index (κ2) is 12.5. The molecule has 2 aromatic heterocycles. The van der Waals surface area contributed by atoms with E-state index in [2.05, 4.69) is 35.8 Å². The van der Waals surface area contributed by atoms with E-state index < -0.39 is 11.3 Å². The van der Waals surface area contributed by atoms with Crippen molar-refractivity contribution in [3.8, 4) is 5.75 Å². The molecule has 11 nitrogen and oxygen atoms in total. The Morgan fingerprint density at radius 2 is 1.92 bits per heavy atom. The van der Waals surface area contributed by atoms with Crippen molar-refractivity contribution in [2.45, 2.75) is 51.2 Å². The number of rotatable bonds is 11. The fourth-order valence-corrected chi connectivity index (χ4v) is 4.70. The Bertz CT molecular complexity index is 1280. The lowest BCUT2D eigenvalue weighted by atomic mass is 9.86. The smallest absolute Gasteiger partial charge is 0.405 e. The van der Waals surface area contributed by atoms with Crippen molar-refractivity contribution in [3.05, 3.63) is 63.1 Å². The first-order valence-electron chi connectivity index (χ1n) is 12.3. The van der Waals surface area contributed by atoms with Crippen LogP contribution in [0.2, 0.25) is 5.02 Å². The number of halogens is 4. The average Bonchev–Trinajstić information content (AvgIpc) is 3.21.